The Morgan fingerprint density at radius 1 is 1.14 bits per heavy atom. The number of benzene rings is 1. The van der Waals surface area contributed by atoms with Gasteiger partial charge in [-0.25, -0.2) is 0 Å². The maximum absolute atomic E-state index is 12.3. The smallest absolute Gasteiger partial charge is 0.321 e. The van der Waals surface area contributed by atoms with Gasteiger partial charge < -0.3 is 9.47 Å². The average molecular weight is 303 g/mol. The molecule has 0 heterocycles. The molecule has 120 valence electrons. The molecule has 1 aliphatic carbocycles. The van der Waals surface area contributed by atoms with Crippen molar-refractivity contribution in [2.45, 2.75) is 46.1 Å². The molecule has 0 radical (unpaired) electrons. The molecular formula is C18H25NO3. The summed E-state index contributed by atoms with van der Waals surface area (Å²) in [5.74, 6) is -0.306. The molecule has 0 aromatic heterocycles. The largest absolute Gasteiger partial charge is 0.475 e. The Morgan fingerprint density at radius 3 is 2.27 bits per heavy atom. The number of methoxy groups -OCH3 is 1. The van der Waals surface area contributed by atoms with Crippen molar-refractivity contribution in [1.29, 1.82) is 5.41 Å². The zero-order valence-corrected chi connectivity index (χ0v) is 13.6. The van der Waals surface area contributed by atoms with Gasteiger partial charge >= 0.3 is 5.97 Å². The van der Waals surface area contributed by atoms with Crippen LogP contribution in [-0.4, -0.2) is 19.0 Å². The molecule has 0 bridgehead atoms. The van der Waals surface area contributed by atoms with Crippen LogP contribution in [-0.2, 0) is 20.9 Å². The Balaban J connectivity index is 2.09. The summed E-state index contributed by atoms with van der Waals surface area (Å²) < 4.78 is 10.6. The Morgan fingerprint density at radius 2 is 1.73 bits per heavy atom. The lowest BCUT2D eigenvalue weighted by molar-refractivity contribution is -0.152. The van der Waals surface area contributed by atoms with Gasteiger partial charge in [0.15, 0.2) is 5.90 Å². The highest BCUT2D eigenvalue weighted by molar-refractivity contribution is 6.01. The van der Waals surface area contributed by atoms with Crippen LogP contribution in [0.15, 0.2) is 30.3 Å². The highest BCUT2D eigenvalue weighted by atomic mass is 16.5. The topological polar surface area (TPSA) is 59.4 Å². The van der Waals surface area contributed by atoms with E-state index in [2.05, 4.69) is 13.8 Å². The Kier molecular flexibility index (Phi) is 4.89. The van der Waals surface area contributed by atoms with E-state index in [4.69, 9.17) is 14.9 Å². The van der Waals surface area contributed by atoms with Crippen molar-refractivity contribution >= 4 is 11.9 Å². The molecule has 1 aliphatic rings. The van der Waals surface area contributed by atoms with Crippen LogP contribution < -0.4 is 0 Å². The van der Waals surface area contributed by atoms with Crippen LogP contribution in [0.3, 0.4) is 0 Å². The third-order valence-electron chi connectivity index (χ3n) is 4.69. The van der Waals surface area contributed by atoms with Gasteiger partial charge in [0, 0.05) is 0 Å². The van der Waals surface area contributed by atoms with E-state index in [1.165, 1.54) is 7.11 Å². The number of carbonyl (C=O) groups is 1. The number of carbonyl (C=O) groups excluding carboxylic acids is 1. The molecule has 0 saturated heterocycles. The molecule has 1 N–H and O–H groups in total. The Labute approximate surface area is 132 Å². The summed E-state index contributed by atoms with van der Waals surface area (Å²) in [4.78, 5) is 12.3. The van der Waals surface area contributed by atoms with Crippen molar-refractivity contribution < 1.29 is 14.3 Å². The predicted molar refractivity (Wildman–Crippen MR) is 85.7 cm³/mol. The van der Waals surface area contributed by atoms with E-state index >= 15 is 0 Å². The summed E-state index contributed by atoms with van der Waals surface area (Å²) >= 11 is 0. The number of esters is 1. The van der Waals surface area contributed by atoms with Crippen LogP contribution in [0.25, 0.3) is 0 Å². The molecule has 1 aromatic rings. The summed E-state index contributed by atoms with van der Waals surface area (Å²) in [5.41, 5.74) is 0.277. The number of nitrogens with one attached hydrogen (secondary N) is 1. The van der Waals surface area contributed by atoms with Crippen molar-refractivity contribution in [2.75, 3.05) is 7.11 Å². The Bertz CT molecular complexity index is 527. The molecule has 2 rings (SSSR count). The molecule has 4 heteroatoms. The number of hydrogen-bond acceptors (Lipinski definition) is 4. The van der Waals surface area contributed by atoms with Crippen LogP contribution in [0.4, 0.5) is 0 Å². The molecule has 0 unspecified atom stereocenters. The van der Waals surface area contributed by atoms with Gasteiger partial charge in [0.05, 0.1) is 7.11 Å². The first-order chi connectivity index (χ1) is 10.4. The normalized spacial score (nSPS) is 19.2. The van der Waals surface area contributed by atoms with Crippen molar-refractivity contribution in [2.24, 2.45) is 10.8 Å². The van der Waals surface area contributed by atoms with Gasteiger partial charge in [0.25, 0.3) is 0 Å². The number of rotatable bonds is 4. The highest BCUT2D eigenvalue weighted by Gasteiger charge is 2.49. The minimum absolute atomic E-state index is 0.0405. The number of ether oxygens (including phenoxy) is 2. The molecule has 0 spiro atoms. The molecule has 1 aromatic carbocycles. The first kappa shape index (κ1) is 16.5. The number of hydrogen-bond donors (Lipinski definition) is 1. The summed E-state index contributed by atoms with van der Waals surface area (Å²) in [6.45, 7) is 4.70. The van der Waals surface area contributed by atoms with Gasteiger partial charge in [-0.2, -0.15) is 0 Å². The SMILES string of the molecule is COC(=O)C1(C(=N)OCc2ccccc2)CCC(C)(C)CC1. The van der Waals surface area contributed by atoms with Crippen LogP contribution in [0.1, 0.15) is 45.1 Å². The second kappa shape index (κ2) is 6.51. The fourth-order valence-electron chi connectivity index (χ4n) is 2.94. The predicted octanol–water partition coefficient (Wildman–Crippen LogP) is 3.94. The van der Waals surface area contributed by atoms with E-state index in [9.17, 15) is 4.79 Å². The second-order valence-corrected chi connectivity index (χ2v) is 6.84. The monoisotopic (exact) mass is 303 g/mol. The van der Waals surface area contributed by atoms with Gasteiger partial charge in [0.2, 0.25) is 0 Å². The van der Waals surface area contributed by atoms with Crippen LogP contribution in [0.5, 0.6) is 0 Å². The molecule has 0 atom stereocenters. The maximum atomic E-state index is 12.3. The molecule has 0 aliphatic heterocycles. The standard InChI is InChI=1S/C18H25NO3/c1-17(2)9-11-18(12-10-17,16(20)21-3)15(19)22-13-14-7-5-4-6-8-14/h4-8,19H,9-13H2,1-3H3. The average Bonchev–Trinajstić information content (AvgIpc) is 2.53. The van der Waals surface area contributed by atoms with E-state index in [-0.39, 0.29) is 17.3 Å². The van der Waals surface area contributed by atoms with E-state index in [1.807, 2.05) is 30.3 Å². The molecule has 22 heavy (non-hydrogen) atoms. The van der Waals surface area contributed by atoms with Crippen LogP contribution >= 0.6 is 0 Å². The van der Waals surface area contributed by atoms with Crippen LogP contribution in [0.2, 0.25) is 0 Å². The van der Waals surface area contributed by atoms with Crippen molar-refractivity contribution in [3.8, 4) is 0 Å². The Hall–Kier alpha value is -1.84. The first-order valence-electron chi connectivity index (χ1n) is 7.74. The fraction of sp³-hybridized carbons (Fsp3) is 0.556. The molecule has 1 fully saturated rings. The first-order valence-corrected chi connectivity index (χ1v) is 7.74. The van der Waals surface area contributed by atoms with E-state index < -0.39 is 5.41 Å². The summed E-state index contributed by atoms with van der Waals surface area (Å²) in [7, 11) is 1.38. The van der Waals surface area contributed by atoms with E-state index in [0.29, 0.717) is 19.4 Å². The molecular weight excluding hydrogens is 278 g/mol. The maximum Gasteiger partial charge on any atom is 0.321 e. The highest BCUT2D eigenvalue weighted by Crippen LogP contribution is 2.46. The van der Waals surface area contributed by atoms with E-state index in [0.717, 1.165) is 18.4 Å². The quantitative estimate of drug-likeness (QED) is 0.520. The minimum atomic E-state index is -0.918. The van der Waals surface area contributed by atoms with Gasteiger partial charge in [-0.1, -0.05) is 44.2 Å². The lowest BCUT2D eigenvalue weighted by atomic mass is 9.65. The third kappa shape index (κ3) is 3.49. The summed E-state index contributed by atoms with van der Waals surface area (Å²) in [6, 6.07) is 9.70. The lowest BCUT2D eigenvalue weighted by Crippen LogP contribution is -2.45. The molecule has 0 amide bonds. The van der Waals surface area contributed by atoms with Gasteiger partial charge in [-0.05, 0) is 36.7 Å². The van der Waals surface area contributed by atoms with Gasteiger partial charge in [-0.15, -0.1) is 0 Å². The summed E-state index contributed by atoms with van der Waals surface area (Å²) in [6.07, 6.45) is 3.00. The molecule has 4 nitrogen and oxygen atoms in total. The fourth-order valence-corrected chi connectivity index (χ4v) is 2.94. The van der Waals surface area contributed by atoms with Crippen molar-refractivity contribution in [3.63, 3.8) is 0 Å². The van der Waals surface area contributed by atoms with E-state index in [1.54, 1.807) is 0 Å². The van der Waals surface area contributed by atoms with Crippen molar-refractivity contribution in [1.82, 2.24) is 0 Å². The lowest BCUT2D eigenvalue weighted by Gasteiger charge is -2.41. The second-order valence-electron chi connectivity index (χ2n) is 6.84. The third-order valence-corrected chi connectivity index (χ3v) is 4.69. The van der Waals surface area contributed by atoms with Gasteiger partial charge in [-0.3, -0.25) is 10.2 Å². The zero-order chi connectivity index (χ0) is 16.2. The minimum Gasteiger partial charge on any atom is -0.475 e. The summed E-state index contributed by atoms with van der Waals surface area (Å²) in [5, 5.41) is 8.32. The van der Waals surface area contributed by atoms with Gasteiger partial charge in [0.1, 0.15) is 12.0 Å². The molecule has 1 saturated carbocycles. The van der Waals surface area contributed by atoms with Crippen LogP contribution in [0, 0.1) is 16.2 Å². The van der Waals surface area contributed by atoms with Crippen molar-refractivity contribution in [3.05, 3.63) is 35.9 Å². The zero-order valence-electron chi connectivity index (χ0n) is 13.6.